The van der Waals surface area contributed by atoms with Gasteiger partial charge in [0.1, 0.15) is 0 Å². The number of fused-ring (bicyclic) bond motifs is 1. The highest BCUT2D eigenvalue weighted by molar-refractivity contribution is 5.85. The average molecular weight is 310 g/mol. The first kappa shape index (κ1) is 13.9. The number of nitrogens with one attached hydrogen (secondary N) is 2. The summed E-state index contributed by atoms with van der Waals surface area (Å²) >= 11 is 0. The van der Waals surface area contributed by atoms with Crippen molar-refractivity contribution in [1.29, 1.82) is 0 Å². The SMILES string of the molecule is CC(C)n1cnc2c(NC3CC3)nc(Nc3cnccn3)nc21. The molecule has 1 aliphatic carbocycles. The molecule has 23 heavy (non-hydrogen) atoms. The molecule has 0 amide bonds. The zero-order chi connectivity index (χ0) is 15.8. The zero-order valence-corrected chi connectivity index (χ0v) is 13.1. The van der Waals surface area contributed by atoms with E-state index in [0.29, 0.717) is 17.8 Å². The number of rotatable bonds is 5. The van der Waals surface area contributed by atoms with E-state index in [1.54, 1.807) is 18.6 Å². The molecule has 1 aliphatic rings. The molecule has 0 radical (unpaired) electrons. The Labute approximate surface area is 133 Å². The van der Waals surface area contributed by atoms with Crippen LogP contribution in [0.3, 0.4) is 0 Å². The molecule has 8 nitrogen and oxygen atoms in total. The first-order valence-electron chi connectivity index (χ1n) is 7.75. The summed E-state index contributed by atoms with van der Waals surface area (Å²) in [5.41, 5.74) is 1.61. The van der Waals surface area contributed by atoms with Crippen LogP contribution in [0.5, 0.6) is 0 Å². The summed E-state index contributed by atoms with van der Waals surface area (Å²) in [4.78, 5) is 21.9. The molecule has 0 atom stereocenters. The molecule has 8 heteroatoms. The van der Waals surface area contributed by atoms with E-state index in [0.717, 1.165) is 17.0 Å². The Morgan fingerprint density at radius 2 is 2.04 bits per heavy atom. The second-order valence-corrected chi connectivity index (χ2v) is 5.95. The van der Waals surface area contributed by atoms with Gasteiger partial charge in [0.05, 0.1) is 12.5 Å². The molecule has 2 N–H and O–H groups in total. The molecule has 3 aromatic heterocycles. The minimum Gasteiger partial charge on any atom is -0.365 e. The van der Waals surface area contributed by atoms with E-state index in [9.17, 15) is 0 Å². The topological polar surface area (TPSA) is 93.4 Å². The molecular formula is C15H18N8. The van der Waals surface area contributed by atoms with Crippen molar-refractivity contribution in [2.45, 2.75) is 38.8 Å². The summed E-state index contributed by atoms with van der Waals surface area (Å²) in [6.45, 7) is 4.21. The van der Waals surface area contributed by atoms with Gasteiger partial charge in [-0.2, -0.15) is 9.97 Å². The van der Waals surface area contributed by atoms with Gasteiger partial charge in [0.25, 0.3) is 0 Å². The highest BCUT2D eigenvalue weighted by Crippen LogP contribution is 2.29. The number of anilines is 3. The summed E-state index contributed by atoms with van der Waals surface area (Å²) in [6.07, 6.45) is 9.05. The monoisotopic (exact) mass is 310 g/mol. The van der Waals surface area contributed by atoms with Crippen molar-refractivity contribution in [2.75, 3.05) is 10.6 Å². The van der Waals surface area contributed by atoms with Crippen LogP contribution in [0.25, 0.3) is 11.2 Å². The number of hydrogen-bond acceptors (Lipinski definition) is 7. The van der Waals surface area contributed by atoms with Crippen LogP contribution in [0.15, 0.2) is 24.9 Å². The molecular weight excluding hydrogens is 292 g/mol. The Bertz CT molecular complexity index is 822. The largest absolute Gasteiger partial charge is 0.365 e. The molecule has 0 saturated heterocycles. The highest BCUT2D eigenvalue weighted by atomic mass is 15.2. The van der Waals surface area contributed by atoms with Gasteiger partial charge in [0.2, 0.25) is 5.95 Å². The summed E-state index contributed by atoms with van der Waals surface area (Å²) in [6, 6.07) is 0.759. The van der Waals surface area contributed by atoms with Crippen LogP contribution in [-0.4, -0.2) is 35.5 Å². The van der Waals surface area contributed by atoms with E-state index in [2.05, 4.69) is 49.4 Å². The number of imidazole rings is 1. The van der Waals surface area contributed by atoms with Gasteiger partial charge in [0, 0.05) is 24.5 Å². The molecule has 1 fully saturated rings. The lowest BCUT2D eigenvalue weighted by atomic mass is 10.4. The minimum atomic E-state index is 0.271. The molecule has 3 heterocycles. The lowest BCUT2D eigenvalue weighted by molar-refractivity contribution is 0.613. The lowest BCUT2D eigenvalue weighted by Crippen LogP contribution is -2.09. The molecule has 0 unspecified atom stereocenters. The molecule has 0 aromatic carbocycles. The van der Waals surface area contributed by atoms with Gasteiger partial charge in [-0.15, -0.1) is 0 Å². The van der Waals surface area contributed by atoms with Crippen molar-refractivity contribution >= 4 is 28.7 Å². The predicted octanol–water partition coefficient (Wildman–Crippen LogP) is 2.52. The van der Waals surface area contributed by atoms with Gasteiger partial charge in [0.15, 0.2) is 22.8 Å². The van der Waals surface area contributed by atoms with Crippen LogP contribution in [0.2, 0.25) is 0 Å². The van der Waals surface area contributed by atoms with Gasteiger partial charge in [-0.05, 0) is 26.7 Å². The Morgan fingerprint density at radius 1 is 1.17 bits per heavy atom. The van der Waals surface area contributed by atoms with Crippen LogP contribution in [-0.2, 0) is 0 Å². The third kappa shape index (κ3) is 2.79. The smallest absolute Gasteiger partial charge is 0.232 e. The van der Waals surface area contributed by atoms with Crippen molar-refractivity contribution < 1.29 is 0 Å². The second kappa shape index (κ2) is 5.45. The summed E-state index contributed by atoms with van der Waals surface area (Å²) < 4.78 is 2.04. The van der Waals surface area contributed by atoms with Gasteiger partial charge in [-0.1, -0.05) is 0 Å². The van der Waals surface area contributed by atoms with Crippen molar-refractivity contribution in [3.8, 4) is 0 Å². The van der Waals surface area contributed by atoms with Crippen LogP contribution < -0.4 is 10.6 Å². The predicted molar refractivity (Wildman–Crippen MR) is 87.7 cm³/mol. The first-order valence-corrected chi connectivity index (χ1v) is 7.75. The fraction of sp³-hybridized carbons (Fsp3) is 0.400. The second-order valence-electron chi connectivity index (χ2n) is 5.95. The third-order valence-electron chi connectivity index (χ3n) is 3.70. The Kier molecular flexibility index (Phi) is 3.29. The number of hydrogen-bond donors (Lipinski definition) is 2. The quantitative estimate of drug-likeness (QED) is 0.747. The van der Waals surface area contributed by atoms with Gasteiger partial charge in [-0.25, -0.2) is 9.97 Å². The lowest BCUT2D eigenvalue weighted by Gasteiger charge is -2.11. The van der Waals surface area contributed by atoms with Gasteiger partial charge < -0.3 is 15.2 Å². The number of aromatic nitrogens is 6. The molecule has 0 bridgehead atoms. The zero-order valence-electron chi connectivity index (χ0n) is 13.1. The fourth-order valence-electron chi connectivity index (χ4n) is 2.35. The van der Waals surface area contributed by atoms with E-state index in [1.807, 2.05) is 10.9 Å². The Morgan fingerprint density at radius 3 is 2.74 bits per heavy atom. The first-order chi connectivity index (χ1) is 11.2. The Hall–Kier alpha value is -2.77. The Balaban J connectivity index is 1.78. The summed E-state index contributed by atoms with van der Waals surface area (Å²) in [5, 5.41) is 6.54. The molecule has 1 saturated carbocycles. The van der Waals surface area contributed by atoms with Crippen molar-refractivity contribution in [2.24, 2.45) is 0 Å². The molecule has 0 aliphatic heterocycles. The third-order valence-corrected chi connectivity index (χ3v) is 3.70. The van der Waals surface area contributed by atoms with Crippen LogP contribution >= 0.6 is 0 Å². The molecule has 118 valence electrons. The van der Waals surface area contributed by atoms with E-state index < -0.39 is 0 Å². The van der Waals surface area contributed by atoms with Crippen molar-refractivity contribution in [3.05, 3.63) is 24.9 Å². The van der Waals surface area contributed by atoms with Crippen LogP contribution in [0.1, 0.15) is 32.7 Å². The average Bonchev–Trinajstić information content (AvgIpc) is 3.24. The van der Waals surface area contributed by atoms with Crippen molar-refractivity contribution in [1.82, 2.24) is 29.5 Å². The molecule has 4 rings (SSSR count). The normalized spacial score (nSPS) is 14.4. The molecule has 3 aromatic rings. The van der Waals surface area contributed by atoms with Crippen LogP contribution in [0.4, 0.5) is 17.6 Å². The van der Waals surface area contributed by atoms with Gasteiger partial charge >= 0.3 is 0 Å². The van der Waals surface area contributed by atoms with E-state index in [-0.39, 0.29) is 6.04 Å². The maximum atomic E-state index is 4.61. The standard InChI is InChI=1S/C15H18N8/c1-9(2)23-8-18-12-13(19-10-3-4-10)21-15(22-14(12)23)20-11-7-16-5-6-17-11/h5-10H,3-4H2,1-2H3,(H2,17,19,20,21,22). The van der Waals surface area contributed by atoms with Gasteiger partial charge in [-0.3, -0.25) is 4.98 Å². The minimum absolute atomic E-state index is 0.271. The summed E-state index contributed by atoms with van der Waals surface area (Å²) in [7, 11) is 0. The van der Waals surface area contributed by atoms with E-state index in [4.69, 9.17) is 0 Å². The van der Waals surface area contributed by atoms with E-state index >= 15 is 0 Å². The highest BCUT2D eigenvalue weighted by Gasteiger charge is 2.24. The van der Waals surface area contributed by atoms with E-state index in [1.165, 1.54) is 12.8 Å². The van der Waals surface area contributed by atoms with Crippen LogP contribution in [0, 0.1) is 0 Å². The van der Waals surface area contributed by atoms with Crippen molar-refractivity contribution in [3.63, 3.8) is 0 Å². The fourth-order valence-corrected chi connectivity index (χ4v) is 2.35. The summed E-state index contributed by atoms with van der Waals surface area (Å²) in [5.74, 6) is 1.87. The number of nitrogens with zero attached hydrogens (tertiary/aromatic N) is 6. The molecule has 0 spiro atoms. The maximum absolute atomic E-state index is 4.61. The maximum Gasteiger partial charge on any atom is 0.232 e.